The Labute approximate surface area is 183 Å². The lowest BCUT2D eigenvalue weighted by Gasteiger charge is -2.33. The van der Waals surface area contributed by atoms with Crippen LogP contribution in [-0.2, 0) is 15.0 Å². The summed E-state index contributed by atoms with van der Waals surface area (Å²) < 4.78 is 35.6. The van der Waals surface area contributed by atoms with E-state index in [1.165, 1.54) is 24.5 Å². The van der Waals surface area contributed by atoms with E-state index < -0.39 is 21.1 Å². The molecule has 174 valence electrons. The summed E-state index contributed by atoms with van der Waals surface area (Å²) >= 11 is 0. The second-order valence-electron chi connectivity index (χ2n) is 9.33. The van der Waals surface area contributed by atoms with E-state index in [0.717, 1.165) is 0 Å². The van der Waals surface area contributed by atoms with E-state index in [1.54, 1.807) is 20.8 Å². The van der Waals surface area contributed by atoms with Crippen LogP contribution in [0.3, 0.4) is 0 Å². The van der Waals surface area contributed by atoms with Crippen molar-refractivity contribution in [3.05, 3.63) is 46.5 Å². The number of nitrogens with two attached hydrogens (primary N) is 1. The van der Waals surface area contributed by atoms with Crippen molar-refractivity contribution in [3.8, 4) is 0 Å². The number of rotatable bonds is 6. The molecule has 0 atom stereocenters. The van der Waals surface area contributed by atoms with Crippen LogP contribution in [0.2, 0.25) is 0 Å². The number of halogens is 1. The third kappa shape index (κ3) is 5.53. The van der Waals surface area contributed by atoms with E-state index in [-0.39, 0.29) is 22.7 Å². The summed E-state index contributed by atoms with van der Waals surface area (Å²) in [6.45, 7) is 12.3. The highest BCUT2D eigenvalue weighted by Crippen LogP contribution is 2.35. The molecule has 0 bridgehead atoms. The van der Waals surface area contributed by atoms with Gasteiger partial charge in [0.2, 0.25) is 0 Å². The molecule has 0 unspecified atom stereocenters. The summed E-state index contributed by atoms with van der Waals surface area (Å²) in [6.07, 6.45) is 1.18. The minimum Gasteiger partial charge on any atom is -0.451 e. The fourth-order valence-electron chi connectivity index (χ4n) is 3.44. The van der Waals surface area contributed by atoms with Gasteiger partial charge >= 0.3 is 6.03 Å². The summed E-state index contributed by atoms with van der Waals surface area (Å²) in [4.78, 5) is 12.9. The summed E-state index contributed by atoms with van der Waals surface area (Å²) in [5, 5.41) is 19.0. The molecule has 1 aromatic heterocycles. The Hall–Kier alpha value is -2.23. The number of hydrogen-bond donors (Lipinski definition) is 4. The predicted octanol–water partition coefficient (Wildman–Crippen LogP) is 4.62. The maximum absolute atomic E-state index is 14.1. The Morgan fingerprint density at radius 2 is 1.65 bits per heavy atom. The lowest BCUT2D eigenvalue weighted by atomic mass is 9.92. The van der Waals surface area contributed by atoms with Crippen LogP contribution in [-0.4, -0.2) is 21.6 Å². The van der Waals surface area contributed by atoms with E-state index >= 15 is 0 Å². The van der Waals surface area contributed by atoms with Crippen LogP contribution in [0.4, 0.5) is 14.9 Å². The Morgan fingerprint density at radius 1 is 1.16 bits per heavy atom. The van der Waals surface area contributed by atoms with E-state index in [2.05, 4.69) is 10.0 Å². The molecule has 31 heavy (non-hydrogen) atoms. The summed E-state index contributed by atoms with van der Waals surface area (Å²) in [5.74, 6) is -0.172. The van der Waals surface area contributed by atoms with Gasteiger partial charge < -0.3 is 14.8 Å². The fourth-order valence-corrected chi connectivity index (χ4v) is 4.79. The molecule has 0 aliphatic carbocycles. The Balaban J connectivity index is 2.43. The van der Waals surface area contributed by atoms with Gasteiger partial charge in [-0.25, -0.2) is 13.4 Å². The first-order valence-electron chi connectivity index (χ1n) is 10.1. The molecule has 2 amide bonds. The fraction of sp³-hybridized carbons (Fsp3) is 0.500. The number of anilines is 1. The number of hydrogen-bond acceptors (Lipinski definition) is 4. The first-order valence-corrected chi connectivity index (χ1v) is 12.6. The number of amides is 2. The van der Waals surface area contributed by atoms with Crippen LogP contribution in [0.15, 0.2) is 27.7 Å². The number of aliphatic hydroxyl groups is 1. The van der Waals surface area contributed by atoms with Crippen LogP contribution in [0.1, 0.15) is 75.8 Å². The maximum atomic E-state index is 14.1. The summed E-state index contributed by atoms with van der Waals surface area (Å²) in [7, 11) is -4.45. The normalized spacial score (nSPS) is 13.9. The lowest BCUT2D eigenvalue weighted by molar-refractivity contribution is 0.0769. The summed E-state index contributed by atoms with van der Waals surface area (Å²) in [5.41, 5.74) is 0.872. The molecule has 7 nitrogen and oxygen atoms in total. The molecule has 2 aromatic rings. The molecule has 0 spiro atoms. The van der Waals surface area contributed by atoms with E-state index in [0.29, 0.717) is 28.1 Å². The lowest BCUT2D eigenvalue weighted by Crippen LogP contribution is -2.57. The number of benzene rings is 1. The molecule has 2 rings (SSSR count). The average molecular weight is 456 g/mol. The number of nitrogens with one attached hydrogen (secondary N) is 2. The highest BCUT2D eigenvalue weighted by molar-refractivity contribution is 8.16. The van der Waals surface area contributed by atoms with Gasteiger partial charge in [0, 0.05) is 23.6 Å². The number of carbonyl (C=O) groups excluding carboxylic acids is 1. The minimum atomic E-state index is -4.45. The molecule has 0 saturated carbocycles. The van der Waals surface area contributed by atoms with Crippen molar-refractivity contribution in [3.63, 3.8) is 0 Å². The molecule has 0 radical (unpaired) electrons. The SMILES string of the molecule is Cc1oc(S(C)(N)(=O)NC(=O)Nc2c(C(C)C)cc(F)cc2C(C)C)cc1C(C)(C)O. The number of aryl methyl sites for hydroxylation is 1. The van der Waals surface area contributed by atoms with Crippen molar-refractivity contribution in [2.75, 3.05) is 11.6 Å². The van der Waals surface area contributed by atoms with Gasteiger partial charge in [-0.05, 0) is 55.9 Å². The van der Waals surface area contributed by atoms with Gasteiger partial charge in [-0.2, -0.15) is 0 Å². The van der Waals surface area contributed by atoms with Crippen molar-refractivity contribution in [1.82, 2.24) is 4.72 Å². The molecular formula is C22H34FN3O4S. The molecule has 9 heteroatoms. The first kappa shape index (κ1) is 25.0. The Morgan fingerprint density at radius 3 is 2.03 bits per heavy atom. The number of carbonyl (C=O) groups is 1. The number of furan rings is 1. The van der Waals surface area contributed by atoms with Gasteiger partial charge in [0.15, 0.2) is 5.09 Å². The van der Waals surface area contributed by atoms with Crippen molar-refractivity contribution in [1.29, 1.82) is 0 Å². The molecular weight excluding hydrogens is 421 g/mol. The molecule has 5 N–H and O–H groups in total. The van der Waals surface area contributed by atoms with Crippen LogP contribution in [0.25, 0.3) is 0 Å². The highest BCUT2D eigenvalue weighted by atomic mass is 32.3. The van der Waals surface area contributed by atoms with Gasteiger partial charge in [0.25, 0.3) is 0 Å². The monoisotopic (exact) mass is 455 g/mol. The zero-order valence-electron chi connectivity index (χ0n) is 19.4. The van der Waals surface area contributed by atoms with Crippen LogP contribution < -0.4 is 15.2 Å². The Bertz CT molecular complexity index is 1030. The number of urea groups is 1. The second kappa shape index (κ2) is 8.03. The van der Waals surface area contributed by atoms with E-state index in [9.17, 15) is 18.5 Å². The third-order valence-corrected chi connectivity index (χ3v) is 6.94. The van der Waals surface area contributed by atoms with Gasteiger partial charge in [-0.1, -0.05) is 27.7 Å². The van der Waals surface area contributed by atoms with Crippen LogP contribution >= 0.6 is 0 Å². The zero-order chi connectivity index (χ0) is 24.0. The van der Waals surface area contributed by atoms with Crippen LogP contribution in [0.5, 0.6) is 0 Å². The van der Waals surface area contributed by atoms with Crippen molar-refractivity contribution in [2.45, 2.75) is 71.0 Å². The minimum absolute atomic E-state index is 0.0643. The second-order valence-corrected chi connectivity index (χ2v) is 12.8. The van der Waals surface area contributed by atoms with Crippen LogP contribution in [0, 0.1) is 12.7 Å². The quantitative estimate of drug-likeness (QED) is 0.508. The molecule has 1 heterocycles. The molecule has 0 aliphatic heterocycles. The zero-order valence-corrected chi connectivity index (χ0v) is 20.2. The van der Waals surface area contributed by atoms with Gasteiger partial charge in [0.05, 0.1) is 15.0 Å². The van der Waals surface area contributed by atoms with Gasteiger partial charge in [0.1, 0.15) is 11.6 Å². The molecule has 0 saturated heterocycles. The largest absolute Gasteiger partial charge is 0.451 e. The molecule has 0 fully saturated rings. The van der Waals surface area contributed by atoms with Crippen molar-refractivity contribution < 1.29 is 22.9 Å². The molecule has 1 aromatic carbocycles. The third-order valence-electron chi connectivity index (χ3n) is 5.05. The Kier molecular flexibility index (Phi) is 6.49. The smallest absolute Gasteiger partial charge is 0.330 e. The van der Waals surface area contributed by atoms with Gasteiger partial charge in [-0.15, -0.1) is 0 Å². The standard InChI is InChI=1S/C22H34FN3O4S/c1-12(2)16-9-15(23)10-17(13(3)4)20(16)25-21(27)26-31(8,24,29)19-11-18(14(5)30-19)22(6,7)28/h9-13,28H,1-8H3,(H4,24,25,26,27,29). The average Bonchev–Trinajstić information content (AvgIpc) is 2.98. The predicted molar refractivity (Wildman–Crippen MR) is 122 cm³/mol. The summed E-state index contributed by atoms with van der Waals surface area (Å²) in [6, 6.07) is 3.33. The van der Waals surface area contributed by atoms with Gasteiger partial charge in [-0.3, -0.25) is 9.86 Å². The van der Waals surface area contributed by atoms with Crippen molar-refractivity contribution in [2.24, 2.45) is 5.14 Å². The molecule has 0 aliphatic rings. The van der Waals surface area contributed by atoms with E-state index in [4.69, 9.17) is 9.56 Å². The maximum Gasteiger partial charge on any atom is 0.330 e. The highest BCUT2D eigenvalue weighted by Gasteiger charge is 2.37. The van der Waals surface area contributed by atoms with E-state index in [1.807, 2.05) is 27.7 Å². The van der Waals surface area contributed by atoms with Crippen molar-refractivity contribution >= 4 is 21.2 Å². The topological polar surface area (TPSA) is 118 Å². The first-order chi connectivity index (χ1) is 13.9.